The summed E-state index contributed by atoms with van der Waals surface area (Å²) in [7, 11) is 1.90. The molecule has 0 saturated heterocycles. The molecule has 0 aliphatic carbocycles. The molecule has 0 saturated carbocycles. The maximum absolute atomic E-state index is 12.9. The summed E-state index contributed by atoms with van der Waals surface area (Å²) in [4.78, 5) is 1.94. The standard InChI is InChI=1S/C10H15FN2/c1-7(2)13(3)10-6-8(11)4-5-9(10)12/h4-7H,12H2,1-3H3. The smallest absolute Gasteiger partial charge is 0.125 e. The Morgan fingerprint density at radius 2 is 2.00 bits per heavy atom. The third-order valence-electron chi connectivity index (χ3n) is 2.15. The second-order valence-electron chi connectivity index (χ2n) is 3.41. The molecule has 0 amide bonds. The van der Waals surface area contributed by atoms with E-state index in [9.17, 15) is 4.39 Å². The zero-order valence-electron chi connectivity index (χ0n) is 8.21. The number of rotatable bonds is 2. The highest BCUT2D eigenvalue weighted by molar-refractivity contribution is 5.67. The second-order valence-corrected chi connectivity index (χ2v) is 3.41. The minimum Gasteiger partial charge on any atom is -0.397 e. The highest BCUT2D eigenvalue weighted by Gasteiger charge is 2.08. The lowest BCUT2D eigenvalue weighted by atomic mass is 10.2. The number of benzene rings is 1. The van der Waals surface area contributed by atoms with Crippen LogP contribution in [-0.2, 0) is 0 Å². The van der Waals surface area contributed by atoms with Crippen LogP contribution in [-0.4, -0.2) is 13.1 Å². The van der Waals surface area contributed by atoms with Crippen molar-refractivity contribution in [2.24, 2.45) is 0 Å². The minimum atomic E-state index is -0.253. The molecule has 0 aliphatic rings. The first-order valence-electron chi connectivity index (χ1n) is 4.30. The van der Waals surface area contributed by atoms with E-state index < -0.39 is 0 Å². The van der Waals surface area contributed by atoms with Gasteiger partial charge in [-0.25, -0.2) is 4.39 Å². The van der Waals surface area contributed by atoms with Crippen LogP contribution in [0.4, 0.5) is 15.8 Å². The highest BCUT2D eigenvalue weighted by Crippen LogP contribution is 2.24. The second kappa shape index (κ2) is 3.64. The first kappa shape index (κ1) is 9.84. The molecule has 1 aromatic carbocycles. The summed E-state index contributed by atoms with van der Waals surface area (Å²) < 4.78 is 12.9. The fourth-order valence-corrected chi connectivity index (χ4v) is 1.10. The third-order valence-corrected chi connectivity index (χ3v) is 2.15. The average molecular weight is 182 g/mol. The number of nitrogen functional groups attached to an aromatic ring is 1. The third kappa shape index (κ3) is 2.11. The number of nitrogens with two attached hydrogens (primary N) is 1. The molecule has 0 aliphatic heterocycles. The Labute approximate surface area is 78.2 Å². The Morgan fingerprint density at radius 3 is 2.54 bits per heavy atom. The number of hydrogen-bond acceptors (Lipinski definition) is 2. The van der Waals surface area contributed by atoms with Crippen LogP contribution >= 0.6 is 0 Å². The Hall–Kier alpha value is -1.25. The van der Waals surface area contributed by atoms with Crippen LogP contribution in [0.2, 0.25) is 0 Å². The van der Waals surface area contributed by atoms with E-state index in [0.29, 0.717) is 11.7 Å². The van der Waals surface area contributed by atoms with Crippen LogP contribution < -0.4 is 10.6 Å². The fourth-order valence-electron chi connectivity index (χ4n) is 1.10. The molecule has 0 radical (unpaired) electrons. The number of nitrogens with zero attached hydrogens (tertiary/aromatic N) is 1. The summed E-state index contributed by atoms with van der Waals surface area (Å²) in [6.07, 6.45) is 0. The van der Waals surface area contributed by atoms with E-state index in [0.717, 1.165) is 5.69 Å². The van der Waals surface area contributed by atoms with E-state index >= 15 is 0 Å². The van der Waals surface area contributed by atoms with Gasteiger partial charge in [0, 0.05) is 13.1 Å². The molecule has 0 aromatic heterocycles. The zero-order valence-corrected chi connectivity index (χ0v) is 8.21. The summed E-state index contributed by atoms with van der Waals surface area (Å²) in [5.41, 5.74) is 7.07. The van der Waals surface area contributed by atoms with Crippen molar-refractivity contribution in [1.82, 2.24) is 0 Å². The van der Waals surface area contributed by atoms with E-state index in [4.69, 9.17) is 5.73 Å². The van der Waals surface area contributed by atoms with Crippen LogP contribution in [0.3, 0.4) is 0 Å². The first-order valence-corrected chi connectivity index (χ1v) is 4.30. The summed E-state index contributed by atoms with van der Waals surface area (Å²) in [6, 6.07) is 4.72. The normalized spacial score (nSPS) is 10.5. The topological polar surface area (TPSA) is 29.3 Å². The maximum Gasteiger partial charge on any atom is 0.125 e. The Kier molecular flexibility index (Phi) is 2.76. The van der Waals surface area contributed by atoms with Crippen molar-refractivity contribution in [2.75, 3.05) is 17.7 Å². The summed E-state index contributed by atoms with van der Waals surface area (Å²) >= 11 is 0. The number of anilines is 2. The van der Waals surface area contributed by atoms with Crippen molar-refractivity contribution in [2.45, 2.75) is 19.9 Å². The number of hydrogen-bond donors (Lipinski definition) is 1. The van der Waals surface area contributed by atoms with E-state index in [2.05, 4.69) is 0 Å². The monoisotopic (exact) mass is 182 g/mol. The van der Waals surface area contributed by atoms with Crippen molar-refractivity contribution in [1.29, 1.82) is 0 Å². The molecule has 2 nitrogen and oxygen atoms in total. The molecule has 2 N–H and O–H groups in total. The molecular weight excluding hydrogens is 167 g/mol. The molecule has 0 spiro atoms. The van der Waals surface area contributed by atoms with Gasteiger partial charge in [0.05, 0.1) is 11.4 Å². The predicted octanol–water partition coefficient (Wildman–Crippen LogP) is 2.25. The Balaban J connectivity index is 3.05. The van der Waals surface area contributed by atoms with Crippen molar-refractivity contribution >= 4 is 11.4 Å². The van der Waals surface area contributed by atoms with Gasteiger partial charge in [0.25, 0.3) is 0 Å². The largest absolute Gasteiger partial charge is 0.397 e. The summed E-state index contributed by atoms with van der Waals surface area (Å²) in [5, 5.41) is 0. The predicted molar refractivity (Wildman–Crippen MR) is 54.4 cm³/mol. The summed E-state index contributed by atoms with van der Waals surface area (Å²) in [5.74, 6) is -0.253. The number of halogens is 1. The van der Waals surface area contributed by atoms with Gasteiger partial charge in [0.2, 0.25) is 0 Å². The van der Waals surface area contributed by atoms with Crippen LogP contribution in [0.15, 0.2) is 18.2 Å². The molecule has 72 valence electrons. The van der Waals surface area contributed by atoms with Crippen LogP contribution in [0.1, 0.15) is 13.8 Å². The quantitative estimate of drug-likeness (QED) is 0.711. The maximum atomic E-state index is 12.9. The summed E-state index contributed by atoms with van der Waals surface area (Å²) in [6.45, 7) is 4.06. The van der Waals surface area contributed by atoms with Gasteiger partial charge in [0.15, 0.2) is 0 Å². The van der Waals surface area contributed by atoms with Gasteiger partial charge < -0.3 is 10.6 Å². The first-order chi connectivity index (χ1) is 6.02. The Bertz CT molecular complexity index is 297. The van der Waals surface area contributed by atoms with Crippen molar-refractivity contribution < 1.29 is 4.39 Å². The minimum absolute atomic E-state index is 0.253. The van der Waals surface area contributed by atoms with Crippen molar-refractivity contribution in [3.05, 3.63) is 24.0 Å². The molecule has 1 aromatic rings. The van der Waals surface area contributed by atoms with E-state index in [1.807, 2.05) is 25.8 Å². The van der Waals surface area contributed by atoms with Gasteiger partial charge in [-0.1, -0.05) is 0 Å². The highest BCUT2D eigenvalue weighted by atomic mass is 19.1. The zero-order chi connectivity index (χ0) is 10.0. The molecule has 3 heteroatoms. The lowest BCUT2D eigenvalue weighted by Crippen LogP contribution is -2.26. The fraction of sp³-hybridized carbons (Fsp3) is 0.400. The Morgan fingerprint density at radius 1 is 1.38 bits per heavy atom. The SMILES string of the molecule is CC(C)N(C)c1cc(F)ccc1N. The van der Waals surface area contributed by atoms with Crippen molar-refractivity contribution in [3.8, 4) is 0 Å². The van der Waals surface area contributed by atoms with Crippen LogP contribution in [0.25, 0.3) is 0 Å². The average Bonchev–Trinajstić information content (AvgIpc) is 2.08. The molecule has 0 unspecified atom stereocenters. The van der Waals surface area contributed by atoms with Crippen LogP contribution in [0.5, 0.6) is 0 Å². The molecule has 13 heavy (non-hydrogen) atoms. The molecule has 1 rings (SSSR count). The molecule has 0 atom stereocenters. The lowest BCUT2D eigenvalue weighted by Gasteiger charge is -2.25. The van der Waals surface area contributed by atoms with Crippen molar-refractivity contribution in [3.63, 3.8) is 0 Å². The van der Waals surface area contributed by atoms with Gasteiger partial charge in [-0.3, -0.25) is 0 Å². The van der Waals surface area contributed by atoms with E-state index in [1.54, 1.807) is 6.07 Å². The lowest BCUT2D eigenvalue weighted by molar-refractivity contribution is 0.626. The van der Waals surface area contributed by atoms with E-state index in [1.165, 1.54) is 12.1 Å². The molecular formula is C10H15FN2. The molecule has 0 bridgehead atoms. The van der Waals surface area contributed by atoms with Gasteiger partial charge in [-0.05, 0) is 32.0 Å². The van der Waals surface area contributed by atoms with Gasteiger partial charge >= 0.3 is 0 Å². The van der Waals surface area contributed by atoms with Gasteiger partial charge in [-0.15, -0.1) is 0 Å². The van der Waals surface area contributed by atoms with Gasteiger partial charge in [-0.2, -0.15) is 0 Å². The molecule has 0 fully saturated rings. The van der Waals surface area contributed by atoms with E-state index in [-0.39, 0.29) is 5.82 Å². The molecule has 0 heterocycles. The van der Waals surface area contributed by atoms with Crippen LogP contribution in [0, 0.1) is 5.82 Å². The van der Waals surface area contributed by atoms with Gasteiger partial charge in [0.1, 0.15) is 5.82 Å².